The summed E-state index contributed by atoms with van der Waals surface area (Å²) in [4.78, 5) is 28.2. The van der Waals surface area contributed by atoms with Crippen LogP contribution in [0.4, 0.5) is 14.9 Å². The molecule has 2 rings (SSSR count). The summed E-state index contributed by atoms with van der Waals surface area (Å²) in [6, 6.07) is 5.42. The Hall–Kier alpha value is -2.15. The highest BCUT2D eigenvalue weighted by Gasteiger charge is 2.31. The molecular formula is C20H31FN4O2. The van der Waals surface area contributed by atoms with Gasteiger partial charge in [-0.2, -0.15) is 0 Å². The average molecular weight is 378 g/mol. The van der Waals surface area contributed by atoms with Crippen LogP contribution in [0.1, 0.15) is 39.5 Å². The summed E-state index contributed by atoms with van der Waals surface area (Å²) in [5, 5.41) is 5.70. The highest BCUT2D eigenvalue weighted by Crippen LogP contribution is 2.22. The lowest BCUT2D eigenvalue weighted by Gasteiger charge is -2.21. The second-order valence-electron chi connectivity index (χ2n) is 6.98. The lowest BCUT2D eigenvalue weighted by molar-refractivity contribution is -0.117. The van der Waals surface area contributed by atoms with Gasteiger partial charge in [0, 0.05) is 25.2 Å². The van der Waals surface area contributed by atoms with E-state index in [1.54, 1.807) is 12.1 Å². The van der Waals surface area contributed by atoms with Crippen molar-refractivity contribution in [2.24, 2.45) is 0 Å². The monoisotopic (exact) mass is 378 g/mol. The molecular weight excluding hydrogens is 347 g/mol. The van der Waals surface area contributed by atoms with E-state index < -0.39 is 0 Å². The van der Waals surface area contributed by atoms with Crippen LogP contribution in [0, 0.1) is 5.82 Å². The first kappa shape index (κ1) is 21.2. The van der Waals surface area contributed by atoms with Crippen LogP contribution < -0.4 is 15.5 Å². The van der Waals surface area contributed by atoms with Gasteiger partial charge in [0.1, 0.15) is 5.82 Å². The highest BCUT2D eigenvalue weighted by atomic mass is 19.1. The maximum atomic E-state index is 13.4. The Labute approximate surface area is 161 Å². The van der Waals surface area contributed by atoms with Crippen LogP contribution in [0.3, 0.4) is 0 Å². The van der Waals surface area contributed by atoms with Crippen molar-refractivity contribution in [2.45, 2.75) is 45.6 Å². The van der Waals surface area contributed by atoms with E-state index in [9.17, 15) is 14.0 Å². The van der Waals surface area contributed by atoms with Crippen molar-refractivity contribution in [3.63, 3.8) is 0 Å². The van der Waals surface area contributed by atoms with Crippen molar-refractivity contribution in [3.8, 4) is 0 Å². The van der Waals surface area contributed by atoms with Gasteiger partial charge in [-0.1, -0.05) is 19.9 Å². The fourth-order valence-electron chi connectivity index (χ4n) is 3.41. The maximum Gasteiger partial charge on any atom is 0.315 e. The number of carbonyl (C=O) groups excluding carboxylic acids is 2. The second-order valence-corrected chi connectivity index (χ2v) is 6.98. The molecule has 1 aliphatic rings. The van der Waals surface area contributed by atoms with Gasteiger partial charge in [0.05, 0.1) is 6.04 Å². The Bertz CT molecular complexity index is 620. The van der Waals surface area contributed by atoms with Crippen molar-refractivity contribution in [3.05, 3.63) is 30.1 Å². The molecule has 1 saturated heterocycles. The molecule has 0 aromatic heterocycles. The molecule has 1 fully saturated rings. The lowest BCUT2D eigenvalue weighted by Crippen LogP contribution is -2.44. The van der Waals surface area contributed by atoms with E-state index in [2.05, 4.69) is 29.4 Å². The van der Waals surface area contributed by atoms with Crippen LogP contribution in [0.25, 0.3) is 0 Å². The number of amides is 3. The summed E-state index contributed by atoms with van der Waals surface area (Å²) in [5.41, 5.74) is 0.525. The van der Waals surface area contributed by atoms with E-state index in [1.807, 2.05) is 0 Å². The predicted molar refractivity (Wildman–Crippen MR) is 105 cm³/mol. The number of halogens is 1. The predicted octanol–water partition coefficient (Wildman–Crippen LogP) is 2.74. The molecule has 27 heavy (non-hydrogen) atoms. The molecule has 3 amide bonds. The molecule has 150 valence electrons. The van der Waals surface area contributed by atoms with E-state index >= 15 is 0 Å². The normalized spacial score (nSPS) is 16.8. The van der Waals surface area contributed by atoms with Crippen molar-refractivity contribution in [1.29, 1.82) is 0 Å². The molecule has 0 radical (unpaired) electrons. The van der Waals surface area contributed by atoms with Crippen molar-refractivity contribution < 1.29 is 14.0 Å². The molecule has 0 spiro atoms. The molecule has 6 nitrogen and oxygen atoms in total. The Morgan fingerprint density at radius 1 is 1.26 bits per heavy atom. The molecule has 0 saturated carbocycles. The molecule has 1 heterocycles. The van der Waals surface area contributed by atoms with E-state index in [1.165, 1.54) is 17.0 Å². The number of carbonyl (C=O) groups is 2. The average Bonchev–Trinajstić information content (AvgIpc) is 2.99. The number of hydrogen-bond donors (Lipinski definition) is 2. The van der Waals surface area contributed by atoms with E-state index in [4.69, 9.17) is 0 Å². The summed E-state index contributed by atoms with van der Waals surface area (Å²) in [6.45, 7) is 8.44. The SMILES string of the molecule is CCCN(CCC)CCCNC(=O)NC1CC(=O)N(c2cccc(F)c2)C1. The van der Waals surface area contributed by atoms with Crippen LogP contribution in [0.5, 0.6) is 0 Å². The minimum atomic E-state index is -0.380. The fraction of sp³-hybridized carbons (Fsp3) is 0.600. The van der Waals surface area contributed by atoms with Crippen LogP contribution in [-0.4, -0.2) is 55.6 Å². The van der Waals surface area contributed by atoms with Gasteiger partial charge in [-0.25, -0.2) is 9.18 Å². The summed E-state index contributed by atoms with van der Waals surface area (Å²) in [6.07, 6.45) is 3.38. The molecule has 1 aliphatic heterocycles. The topological polar surface area (TPSA) is 64.7 Å². The van der Waals surface area contributed by atoms with Crippen molar-refractivity contribution in [1.82, 2.24) is 15.5 Å². The molecule has 7 heteroatoms. The third kappa shape index (κ3) is 6.82. The van der Waals surface area contributed by atoms with Gasteiger partial charge in [-0.15, -0.1) is 0 Å². The van der Waals surface area contributed by atoms with Crippen molar-refractivity contribution >= 4 is 17.6 Å². The minimum absolute atomic E-state index is 0.110. The number of hydrogen-bond acceptors (Lipinski definition) is 3. The van der Waals surface area contributed by atoms with Gasteiger partial charge in [0.2, 0.25) is 5.91 Å². The number of rotatable bonds is 10. The van der Waals surface area contributed by atoms with Gasteiger partial charge >= 0.3 is 6.03 Å². The quantitative estimate of drug-likeness (QED) is 0.616. The van der Waals surface area contributed by atoms with Crippen LogP contribution >= 0.6 is 0 Å². The van der Waals surface area contributed by atoms with Gasteiger partial charge in [-0.05, 0) is 57.1 Å². The molecule has 0 bridgehead atoms. The summed E-state index contributed by atoms with van der Waals surface area (Å²) in [7, 11) is 0. The molecule has 1 aromatic rings. The summed E-state index contributed by atoms with van der Waals surface area (Å²) >= 11 is 0. The zero-order valence-electron chi connectivity index (χ0n) is 16.3. The van der Waals surface area contributed by atoms with Gasteiger partial charge < -0.3 is 20.4 Å². The van der Waals surface area contributed by atoms with Crippen LogP contribution in [0.15, 0.2) is 24.3 Å². The van der Waals surface area contributed by atoms with Gasteiger partial charge in [0.15, 0.2) is 0 Å². The molecule has 2 N–H and O–H groups in total. The van der Waals surface area contributed by atoms with Crippen LogP contribution in [-0.2, 0) is 4.79 Å². The largest absolute Gasteiger partial charge is 0.338 e. The first-order valence-electron chi connectivity index (χ1n) is 9.86. The van der Waals surface area contributed by atoms with Gasteiger partial charge in [-0.3, -0.25) is 4.79 Å². The third-order valence-electron chi connectivity index (χ3n) is 4.60. The Balaban J connectivity index is 1.71. The molecule has 1 aromatic carbocycles. The lowest BCUT2D eigenvalue weighted by atomic mass is 10.2. The van der Waals surface area contributed by atoms with E-state index in [0.29, 0.717) is 18.8 Å². The molecule has 0 aliphatic carbocycles. The highest BCUT2D eigenvalue weighted by molar-refractivity contribution is 5.96. The summed E-state index contributed by atoms with van der Waals surface area (Å²) < 4.78 is 13.4. The smallest absolute Gasteiger partial charge is 0.315 e. The van der Waals surface area contributed by atoms with Crippen LogP contribution in [0.2, 0.25) is 0 Å². The second kappa shape index (κ2) is 10.9. The zero-order chi connectivity index (χ0) is 19.6. The number of nitrogens with zero attached hydrogens (tertiary/aromatic N) is 2. The summed E-state index contributed by atoms with van der Waals surface area (Å²) in [5.74, 6) is -0.490. The maximum absolute atomic E-state index is 13.4. The number of benzene rings is 1. The fourth-order valence-corrected chi connectivity index (χ4v) is 3.41. The number of urea groups is 1. The zero-order valence-corrected chi connectivity index (χ0v) is 16.3. The minimum Gasteiger partial charge on any atom is -0.338 e. The van der Waals surface area contributed by atoms with E-state index in [0.717, 1.165) is 38.9 Å². The van der Waals surface area contributed by atoms with Crippen molar-refractivity contribution in [2.75, 3.05) is 37.6 Å². The number of nitrogens with one attached hydrogen (secondary N) is 2. The standard InChI is InChI=1S/C20H31FN4O2/c1-3-10-24(11-4-2)12-6-9-22-20(27)23-17-14-19(26)25(15-17)18-8-5-7-16(21)13-18/h5,7-8,13,17H,3-4,6,9-12,14-15H2,1-2H3,(H2,22,23,27). The molecule has 1 atom stereocenters. The van der Waals surface area contributed by atoms with E-state index in [-0.39, 0.29) is 30.2 Å². The third-order valence-corrected chi connectivity index (χ3v) is 4.60. The number of anilines is 1. The first-order valence-corrected chi connectivity index (χ1v) is 9.86. The Morgan fingerprint density at radius 2 is 2.00 bits per heavy atom. The van der Waals surface area contributed by atoms with Gasteiger partial charge in [0.25, 0.3) is 0 Å². The first-order chi connectivity index (χ1) is 13.0. The Kier molecular flexibility index (Phi) is 8.51. The Morgan fingerprint density at radius 3 is 2.67 bits per heavy atom. The molecule has 1 unspecified atom stereocenters.